The van der Waals surface area contributed by atoms with Gasteiger partial charge in [0.05, 0.1) is 19.3 Å². The summed E-state index contributed by atoms with van der Waals surface area (Å²) in [5.74, 6) is 0.332. The van der Waals surface area contributed by atoms with Crippen LogP contribution in [0.5, 0.6) is 5.75 Å². The zero-order valence-corrected chi connectivity index (χ0v) is 12.2. The van der Waals surface area contributed by atoms with Crippen molar-refractivity contribution in [3.63, 3.8) is 0 Å². The number of rotatable bonds is 4. The van der Waals surface area contributed by atoms with Gasteiger partial charge in [0.1, 0.15) is 11.5 Å². The highest BCUT2D eigenvalue weighted by molar-refractivity contribution is 5.38. The molecule has 0 aliphatic heterocycles. The number of methoxy groups -OCH3 is 1. The van der Waals surface area contributed by atoms with Crippen molar-refractivity contribution in [3.05, 3.63) is 47.0 Å². The maximum atomic E-state index is 13.6. The SMILES string of the molecule is COc1cnn(C(C)C)c1C(N)c1cc(C)cc(F)c1. The largest absolute Gasteiger partial charge is 0.493 e. The molecule has 2 rings (SSSR count). The summed E-state index contributed by atoms with van der Waals surface area (Å²) in [6.07, 6.45) is 1.64. The Labute approximate surface area is 118 Å². The molecular formula is C15H20FN3O. The van der Waals surface area contributed by atoms with Crippen LogP contribution in [0.15, 0.2) is 24.4 Å². The fraction of sp³-hybridized carbons (Fsp3) is 0.400. The molecule has 20 heavy (non-hydrogen) atoms. The first-order chi connectivity index (χ1) is 9.43. The van der Waals surface area contributed by atoms with E-state index in [0.29, 0.717) is 11.3 Å². The molecule has 1 aromatic heterocycles. The number of hydrogen-bond acceptors (Lipinski definition) is 3. The van der Waals surface area contributed by atoms with Gasteiger partial charge in [0, 0.05) is 6.04 Å². The van der Waals surface area contributed by atoms with Crippen LogP contribution in [-0.2, 0) is 0 Å². The average Bonchev–Trinajstić information content (AvgIpc) is 2.80. The van der Waals surface area contributed by atoms with Gasteiger partial charge in [-0.05, 0) is 44.0 Å². The highest BCUT2D eigenvalue weighted by atomic mass is 19.1. The fourth-order valence-corrected chi connectivity index (χ4v) is 2.32. The lowest BCUT2D eigenvalue weighted by Crippen LogP contribution is -2.19. The Morgan fingerprint density at radius 2 is 2.00 bits per heavy atom. The first kappa shape index (κ1) is 14.5. The van der Waals surface area contributed by atoms with Gasteiger partial charge in [-0.1, -0.05) is 6.07 Å². The van der Waals surface area contributed by atoms with Crippen molar-refractivity contribution in [2.24, 2.45) is 5.73 Å². The molecule has 108 valence electrons. The standard InChI is InChI=1S/C15H20FN3O/c1-9(2)19-15(13(20-4)8-18-19)14(17)11-5-10(3)6-12(16)7-11/h5-9,14H,17H2,1-4H3. The molecule has 0 fully saturated rings. The third-order valence-electron chi connectivity index (χ3n) is 3.23. The van der Waals surface area contributed by atoms with Crippen molar-refractivity contribution in [3.8, 4) is 5.75 Å². The van der Waals surface area contributed by atoms with Crippen LogP contribution in [0, 0.1) is 12.7 Å². The molecule has 0 bridgehead atoms. The zero-order chi connectivity index (χ0) is 14.9. The van der Waals surface area contributed by atoms with Gasteiger partial charge in [-0.25, -0.2) is 4.39 Å². The maximum Gasteiger partial charge on any atom is 0.161 e. The lowest BCUT2D eigenvalue weighted by Gasteiger charge is -2.18. The molecule has 1 atom stereocenters. The van der Waals surface area contributed by atoms with E-state index in [1.807, 2.05) is 31.5 Å². The van der Waals surface area contributed by atoms with E-state index < -0.39 is 6.04 Å². The number of ether oxygens (including phenoxy) is 1. The summed E-state index contributed by atoms with van der Waals surface area (Å²) in [6, 6.07) is 4.48. The topological polar surface area (TPSA) is 53.1 Å². The van der Waals surface area contributed by atoms with E-state index in [1.165, 1.54) is 12.1 Å². The first-order valence-electron chi connectivity index (χ1n) is 6.58. The van der Waals surface area contributed by atoms with Crippen molar-refractivity contribution < 1.29 is 9.13 Å². The van der Waals surface area contributed by atoms with E-state index in [2.05, 4.69) is 5.10 Å². The van der Waals surface area contributed by atoms with Crippen molar-refractivity contribution >= 4 is 0 Å². The van der Waals surface area contributed by atoms with Crippen molar-refractivity contribution in [1.82, 2.24) is 9.78 Å². The minimum atomic E-state index is -0.482. The van der Waals surface area contributed by atoms with Crippen LogP contribution in [0.1, 0.15) is 42.8 Å². The van der Waals surface area contributed by atoms with Crippen LogP contribution in [0.4, 0.5) is 4.39 Å². The molecule has 0 saturated carbocycles. The molecule has 5 heteroatoms. The summed E-state index contributed by atoms with van der Waals surface area (Å²) < 4.78 is 20.7. The van der Waals surface area contributed by atoms with Crippen molar-refractivity contribution in [2.75, 3.05) is 7.11 Å². The van der Waals surface area contributed by atoms with E-state index in [4.69, 9.17) is 10.5 Å². The van der Waals surface area contributed by atoms with Crippen LogP contribution in [0.2, 0.25) is 0 Å². The Hall–Kier alpha value is -1.88. The summed E-state index contributed by atoms with van der Waals surface area (Å²) in [5, 5.41) is 4.30. The molecule has 1 unspecified atom stereocenters. The minimum Gasteiger partial charge on any atom is -0.493 e. The third kappa shape index (κ3) is 2.67. The molecule has 2 N–H and O–H groups in total. The first-order valence-corrected chi connectivity index (χ1v) is 6.58. The number of halogens is 1. The molecule has 0 spiro atoms. The van der Waals surface area contributed by atoms with Gasteiger partial charge in [-0.15, -0.1) is 0 Å². The molecule has 4 nitrogen and oxygen atoms in total. The van der Waals surface area contributed by atoms with Crippen LogP contribution in [0.25, 0.3) is 0 Å². The molecule has 1 heterocycles. The van der Waals surface area contributed by atoms with Gasteiger partial charge in [0.25, 0.3) is 0 Å². The smallest absolute Gasteiger partial charge is 0.161 e. The van der Waals surface area contributed by atoms with E-state index in [1.54, 1.807) is 13.3 Å². The van der Waals surface area contributed by atoms with Crippen LogP contribution >= 0.6 is 0 Å². The maximum absolute atomic E-state index is 13.6. The molecule has 1 aromatic carbocycles. The Bertz CT molecular complexity index is 587. The van der Waals surface area contributed by atoms with Crippen LogP contribution in [-0.4, -0.2) is 16.9 Å². The monoisotopic (exact) mass is 277 g/mol. The Morgan fingerprint density at radius 3 is 2.55 bits per heavy atom. The number of nitrogens with two attached hydrogens (primary N) is 1. The molecule has 0 aliphatic carbocycles. The second-order valence-corrected chi connectivity index (χ2v) is 5.18. The van der Waals surface area contributed by atoms with E-state index in [-0.39, 0.29) is 11.9 Å². The quantitative estimate of drug-likeness (QED) is 0.934. The zero-order valence-electron chi connectivity index (χ0n) is 12.2. The minimum absolute atomic E-state index is 0.148. The Morgan fingerprint density at radius 1 is 1.30 bits per heavy atom. The van der Waals surface area contributed by atoms with E-state index in [0.717, 1.165) is 11.3 Å². The molecular weight excluding hydrogens is 257 g/mol. The Kier molecular flexibility index (Phi) is 4.09. The van der Waals surface area contributed by atoms with Gasteiger partial charge in [-0.2, -0.15) is 5.10 Å². The molecule has 2 aromatic rings. The number of benzene rings is 1. The second-order valence-electron chi connectivity index (χ2n) is 5.18. The van der Waals surface area contributed by atoms with Crippen molar-refractivity contribution in [2.45, 2.75) is 32.9 Å². The number of nitrogens with zero attached hydrogens (tertiary/aromatic N) is 2. The lowest BCUT2D eigenvalue weighted by atomic mass is 10.0. The molecule has 0 amide bonds. The van der Waals surface area contributed by atoms with Gasteiger partial charge >= 0.3 is 0 Å². The fourth-order valence-electron chi connectivity index (χ4n) is 2.32. The summed E-state index contributed by atoms with van der Waals surface area (Å²) in [5.41, 5.74) is 8.61. The molecule has 0 saturated heterocycles. The van der Waals surface area contributed by atoms with Gasteiger partial charge in [0.15, 0.2) is 5.75 Å². The Balaban J connectivity index is 2.51. The van der Waals surface area contributed by atoms with Crippen molar-refractivity contribution in [1.29, 1.82) is 0 Å². The third-order valence-corrected chi connectivity index (χ3v) is 3.23. The van der Waals surface area contributed by atoms with E-state index in [9.17, 15) is 4.39 Å². The highest BCUT2D eigenvalue weighted by Gasteiger charge is 2.22. The lowest BCUT2D eigenvalue weighted by molar-refractivity contribution is 0.400. The average molecular weight is 277 g/mol. The highest BCUT2D eigenvalue weighted by Crippen LogP contribution is 2.30. The van der Waals surface area contributed by atoms with Crippen LogP contribution < -0.4 is 10.5 Å². The summed E-state index contributed by atoms with van der Waals surface area (Å²) in [4.78, 5) is 0. The predicted molar refractivity (Wildman–Crippen MR) is 76.3 cm³/mol. The predicted octanol–water partition coefficient (Wildman–Crippen LogP) is 2.97. The van der Waals surface area contributed by atoms with Gasteiger partial charge < -0.3 is 10.5 Å². The normalized spacial score (nSPS) is 12.8. The number of aromatic nitrogens is 2. The molecule has 0 aliphatic rings. The number of hydrogen-bond donors (Lipinski definition) is 1. The second kappa shape index (κ2) is 5.63. The molecule has 0 radical (unpaired) electrons. The van der Waals surface area contributed by atoms with Gasteiger partial charge in [0.2, 0.25) is 0 Å². The van der Waals surface area contributed by atoms with E-state index >= 15 is 0 Å². The summed E-state index contributed by atoms with van der Waals surface area (Å²) in [7, 11) is 1.58. The summed E-state index contributed by atoms with van der Waals surface area (Å²) >= 11 is 0. The van der Waals surface area contributed by atoms with Crippen LogP contribution in [0.3, 0.4) is 0 Å². The summed E-state index contributed by atoms with van der Waals surface area (Å²) in [6.45, 7) is 5.87. The van der Waals surface area contributed by atoms with Gasteiger partial charge in [-0.3, -0.25) is 4.68 Å². The number of aryl methyl sites for hydroxylation is 1.